The van der Waals surface area contributed by atoms with Crippen molar-refractivity contribution in [2.24, 2.45) is 22.6 Å². The summed E-state index contributed by atoms with van der Waals surface area (Å²) < 4.78 is 42.1. The number of rotatable bonds is 13. The van der Waals surface area contributed by atoms with Crippen LogP contribution in [0.5, 0.6) is 11.5 Å². The number of para-hydroxylation sites is 1. The minimum atomic E-state index is -3.59. The highest BCUT2D eigenvalue weighted by molar-refractivity contribution is 7.81. The van der Waals surface area contributed by atoms with Crippen molar-refractivity contribution in [2.45, 2.75) is 94.6 Å². The van der Waals surface area contributed by atoms with Gasteiger partial charge in [0.25, 0.3) is 11.8 Å². The number of ether oxygens (including phenoxy) is 2. The second-order valence-electron chi connectivity index (χ2n) is 12.4. The molecule has 260 valence electrons. The number of nitrogens with one attached hydrogen (secondary N) is 1. The molecule has 0 spiro atoms. The highest BCUT2D eigenvalue weighted by Crippen LogP contribution is 2.36. The minimum Gasteiger partial charge on any atom is -0.491 e. The zero-order chi connectivity index (χ0) is 34.5. The second-order valence-corrected chi connectivity index (χ2v) is 13.1. The summed E-state index contributed by atoms with van der Waals surface area (Å²) in [6.45, 7) is 3.75. The Morgan fingerprint density at radius 3 is 2.38 bits per heavy atom. The Morgan fingerprint density at radius 1 is 1.04 bits per heavy atom. The lowest BCUT2D eigenvalue weighted by molar-refractivity contribution is -0.142. The quantitative estimate of drug-likeness (QED) is 0.0850. The number of thiol groups is 1. The number of carbonyl (C=O) groups excluding carboxylic acids is 1. The molecule has 48 heavy (non-hydrogen) atoms. The molecular weight excluding hydrogens is 632 g/mol. The van der Waals surface area contributed by atoms with Gasteiger partial charge in [-0.15, -0.1) is 0 Å². The van der Waals surface area contributed by atoms with Crippen molar-refractivity contribution < 1.29 is 27.9 Å². The van der Waals surface area contributed by atoms with E-state index < -0.39 is 23.9 Å². The van der Waals surface area contributed by atoms with Crippen LogP contribution in [0.2, 0.25) is 0 Å². The maximum Gasteiger partial charge on any atom is 0.299 e. The molecule has 2 aromatic rings. The van der Waals surface area contributed by atoms with E-state index in [2.05, 4.69) is 58.3 Å². The standard InChI is InChI=1S/C23H29F2N3O3.C15H20OS/c1-4-9-20(19(26)5-2)27-22(29)21(28-30-3)23(24,25)16-12-14-18(15-13-16)31-17-10-7-6-8-11-17;17-15-8-6-11-9-14(7-5-12(11)10-15)16-13-3-1-2-4-13/h6-8,10-15,19,21,28H,4-5,9,26H2,1-3H3;5-9,11-13,15,17H,1-4,10H2/t19?,21-;/m1./s1. The van der Waals surface area contributed by atoms with Gasteiger partial charge in [0.1, 0.15) is 17.3 Å². The number of amides is 1. The Morgan fingerprint density at radius 2 is 1.73 bits per heavy atom. The molecule has 0 saturated heterocycles. The topological polar surface area (TPSA) is 95.2 Å². The lowest BCUT2D eigenvalue weighted by atomic mass is 9.81. The first kappa shape index (κ1) is 37.5. The molecule has 3 aliphatic rings. The summed E-state index contributed by atoms with van der Waals surface area (Å²) in [5.74, 6) is -1.41. The molecule has 5 atom stereocenters. The molecule has 1 fully saturated rings. The highest BCUT2D eigenvalue weighted by Gasteiger charge is 2.46. The van der Waals surface area contributed by atoms with Crippen molar-refractivity contribution >= 4 is 24.2 Å². The van der Waals surface area contributed by atoms with Gasteiger partial charge in [0.05, 0.1) is 13.2 Å². The SMILES string of the molecule is CCCC(=NC(=O)[C@@H](NOC)C(F)(F)c1ccc(Oc2ccccc2)cc1)C(N)CC.SC1C=CC2C=C(OC3CCCC3)C=CC2C1. The molecule has 5 rings (SSSR count). The third-order valence-electron chi connectivity index (χ3n) is 8.72. The van der Waals surface area contributed by atoms with E-state index in [1.807, 2.05) is 32.0 Å². The number of alkyl halides is 2. The lowest BCUT2D eigenvalue weighted by Crippen LogP contribution is -2.48. The summed E-state index contributed by atoms with van der Waals surface area (Å²) in [6.07, 6.45) is 19.7. The molecule has 0 aromatic heterocycles. The van der Waals surface area contributed by atoms with Gasteiger partial charge >= 0.3 is 0 Å². The van der Waals surface area contributed by atoms with Crippen LogP contribution in [0.1, 0.15) is 70.8 Å². The zero-order valence-corrected chi connectivity index (χ0v) is 29.0. The van der Waals surface area contributed by atoms with Crippen molar-refractivity contribution in [1.29, 1.82) is 0 Å². The van der Waals surface area contributed by atoms with E-state index in [1.54, 1.807) is 12.1 Å². The fourth-order valence-electron chi connectivity index (χ4n) is 6.00. The Bertz CT molecular complexity index is 1430. The number of nitrogens with two attached hydrogens (primary N) is 1. The maximum absolute atomic E-state index is 15.2. The van der Waals surface area contributed by atoms with Crippen LogP contribution in [-0.4, -0.2) is 42.2 Å². The molecule has 2 aromatic carbocycles. The summed E-state index contributed by atoms with van der Waals surface area (Å²) in [7, 11) is 1.17. The lowest BCUT2D eigenvalue weighted by Gasteiger charge is -2.29. The first-order valence-electron chi connectivity index (χ1n) is 16.9. The average molecular weight is 682 g/mol. The van der Waals surface area contributed by atoms with E-state index in [1.165, 1.54) is 57.1 Å². The van der Waals surface area contributed by atoms with E-state index >= 15 is 8.78 Å². The van der Waals surface area contributed by atoms with E-state index in [4.69, 9.17) is 15.2 Å². The van der Waals surface area contributed by atoms with E-state index in [-0.39, 0.29) is 5.56 Å². The van der Waals surface area contributed by atoms with Gasteiger partial charge in [-0.25, -0.2) is 4.99 Å². The molecule has 4 unspecified atom stereocenters. The van der Waals surface area contributed by atoms with Gasteiger partial charge in [0.2, 0.25) is 0 Å². The number of benzene rings is 2. The maximum atomic E-state index is 15.2. The van der Waals surface area contributed by atoms with E-state index in [0.29, 0.717) is 59.7 Å². The average Bonchev–Trinajstić information content (AvgIpc) is 3.60. The van der Waals surface area contributed by atoms with Crippen LogP contribution < -0.4 is 16.0 Å². The zero-order valence-electron chi connectivity index (χ0n) is 28.1. The van der Waals surface area contributed by atoms with Gasteiger partial charge in [-0.2, -0.15) is 26.9 Å². The number of halogens is 2. The van der Waals surface area contributed by atoms with Crippen LogP contribution in [0.15, 0.2) is 95.7 Å². The number of hydroxylamine groups is 1. The summed E-state index contributed by atoms with van der Waals surface area (Å²) in [4.78, 5) is 21.3. The number of hydrogen-bond donors (Lipinski definition) is 3. The summed E-state index contributed by atoms with van der Waals surface area (Å²) in [6, 6.07) is 11.8. The van der Waals surface area contributed by atoms with Crippen LogP contribution in [0.3, 0.4) is 0 Å². The fourth-order valence-corrected chi connectivity index (χ4v) is 6.34. The molecule has 1 saturated carbocycles. The van der Waals surface area contributed by atoms with Crippen LogP contribution in [-0.2, 0) is 20.3 Å². The van der Waals surface area contributed by atoms with Crippen molar-refractivity contribution in [3.8, 4) is 11.5 Å². The van der Waals surface area contributed by atoms with Gasteiger partial charge < -0.3 is 20.0 Å². The highest BCUT2D eigenvalue weighted by atomic mass is 32.1. The second kappa shape index (κ2) is 18.5. The molecule has 3 N–H and O–H groups in total. The fraction of sp³-hybridized carbons (Fsp3) is 0.474. The van der Waals surface area contributed by atoms with E-state index in [0.717, 1.165) is 12.2 Å². The van der Waals surface area contributed by atoms with Gasteiger partial charge in [0.15, 0.2) is 6.04 Å². The van der Waals surface area contributed by atoms with Crippen molar-refractivity contribution in [3.63, 3.8) is 0 Å². The first-order valence-corrected chi connectivity index (χ1v) is 17.5. The number of carbonyl (C=O) groups is 1. The van der Waals surface area contributed by atoms with Crippen molar-refractivity contribution in [2.75, 3.05) is 7.11 Å². The molecule has 1 amide bonds. The summed E-state index contributed by atoms with van der Waals surface area (Å²) in [5.41, 5.74) is 8.12. The van der Waals surface area contributed by atoms with Crippen molar-refractivity contribution in [1.82, 2.24) is 5.48 Å². The number of hydrogen-bond acceptors (Lipinski definition) is 7. The Kier molecular flexibility index (Phi) is 14.4. The van der Waals surface area contributed by atoms with Gasteiger partial charge in [-0.3, -0.25) is 4.79 Å². The summed E-state index contributed by atoms with van der Waals surface area (Å²) in [5, 5.41) is 0.423. The molecule has 10 heteroatoms. The normalized spacial score (nSPS) is 22.2. The predicted octanol–water partition coefficient (Wildman–Crippen LogP) is 8.49. The molecule has 7 nitrogen and oxygen atoms in total. The third-order valence-corrected chi connectivity index (χ3v) is 9.11. The van der Waals surface area contributed by atoms with Crippen LogP contribution in [0.4, 0.5) is 8.78 Å². The first-order chi connectivity index (χ1) is 23.1. The monoisotopic (exact) mass is 681 g/mol. The third kappa shape index (κ3) is 10.6. The predicted molar refractivity (Wildman–Crippen MR) is 190 cm³/mol. The smallest absolute Gasteiger partial charge is 0.299 e. The Hall–Kier alpha value is -3.31. The van der Waals surface area contributed by atoms with E-state index in [9.17, 15) is 4.79 Å². The largest absolute Gasteiger partial charge is 0.491 e. The number of fused-ring (bicyclic) bond motifs is 1. The summed E-state index contributed by atoms with van der Waals surface area (Å²) >= 11 is 4.52. The number of nitrogens with zero attached hydrogens (tertiary/aromatic N) is 1. The van der Waals surface area contributed by atoms with Gasteiger partial charge in [-0.1, -0.05) is 56.7 Å². The number of aliphatic imine (C=N–C) groups is 1. The molecule has 0 aliphatic heterocycles. The minimum absolute atomic E-state index is 0.372. The molecule has 0 radical (unpaired) electrons. The van der Waals surface area contributed by atoms with Crippen LogP contribution in [0.25, 0.3) is 0 Å². The molecular formula is C38H49F2N3O4S. The molecule has 0 bridgehead atoms. The Balaban J connectivity index is 0.000000255. The molecule has 0 heterocycles. The van der Waals surface area contributed by atoms with Crippen LogP contribution in [0, 0.1) is 11.8 Å². The number of allylic oxidation sites excluding steroid dienone is 4. The van der Waals surface area contributed by atoms with Gasteiger partial charge in [-0.05, 0) is 99.4 Å². The van der Waals surface area contributed by atoms with Gasteiger partial charge in [0, 0.05) is 28.5 Å². The molecule has 3 aliphatic carbocycles. The van der Waals surface area contributed by atoms with Crippen molar-refractivity contribution in [3.05, 3.63) is 96.3 Å². The van der Waals surface area contributed by atoms with Crippen LogP contribution >= 0.6 is 12.6 Å². The Labute approximate surface area is 289 Å².